The second-order valence-electron chi connectivity index (χ2n) is 6.94. The lowest BCUT2D eigenvalue weighted by molar-refractivity contribution is 0.0969. The minimum Gasteiger partial charge on any atom is -0.497 e. The lowest BCUT2D eigenvalue weighted by Gasteiger charge is -2.13. The molecular weight excluding hydrogens is 408 g/mol. The predicted octanol–water partition coefficient (Wildman–Crippen LogP) is 3.59. The molecule has 0 spiro atoms. The molecule has 29 heavy (non-hydrogen) atoms. The number of rotatable bonds is 6. The van der Waals surface area contributed by atoms with E-state index in [0.717, 1.165) is 51.9 Å². The molecule has 1 aliphatic rings. The summed E-state index contributed by atoms with van der Waals surface area (Å²) in [6.45, 7) is 1.26. The van der Waals surface area contributed by atoms with Gasteiger partial charge in [0, 0.05) is 12.4 Å². The van der Waals surface area contributed by atoms with Crippen LogP contribution in [0, 0.1) is 0 Å². The lowest BCUT2D eigenvalue weighted by atomic mass is 10.2. The first-order valence-electron chi connectivity index (χ1n) is 9.47. The van der Waals surface area contributed by atoms with Crippen molar-refractivity contribution in [2.24, 2.45) is 0 Å². The molecule has 1 fully saturated rings. The van der Waals surface area contributed by atoms with Crippen LogP contribution in [0.2, 0.25) is 0 Å². The van der Waals surface area contributed by atoms with Gasteiger partial charge in [-0.05, 0) is 42.0 Å². The van der Waals surface area contributed by atoms with E-state index in [1.165, 1.54) is 11.3 Å². The van der Waals surface area contributed by atoms with Gasteiger partial charge in [-0.25, -0.2) is 0 Å². The van der Waals surface area contributed by atoms with Crippen molar-refractivity contribution in [3.8, 4) is 5.75 Å². The number of thiophene rings is 1. The van der Waals surface area contributed by atoms with E-state index in [1.807, 2.05) is 34.0 Å². The number of ether oxygens (including phenoxy) is 2. The number of nitrogens with zero attached hydrogens (tertiary/aromatic N) is 4. The number of hydrogen-bond acceptors (Lipinski definition) is 7. The van der Waals surface area contributed by atoms with Crippen molar-refractivity contribution >= 4 is 39.1 Å². The highest BCUT2D eigenvalue weighted by molar-refractivity contribution is 7.98. The Morgan fingerprint density at radius 1 is 1.34 bits per heavy atom. The first kappa shape index (κ1) is 18.7. The largest absolute Gasteiger partial charge is 0.497 e. The van der Waals surface area contributed by atoms with Crippen LogP contribution in [0.1, 0.15) is 18.4 Å². The van der Waals surface area contributed by atoms with E-state index < -0.39 is 0 Å². The average Bonchev–Trinajstić information content (AvgIpc) is 3.50. The second-order valence-corrected chi connectivity index (χ2v) is 8.80. The van der Waals surface area contributed by atoms with Gasteiger partial charge in [-0.1, -0.05) is 23.9 Å². The van der Waals surface area contributed by atoms with Gasteiger partial charge >= 0.3 is 0 Å². The van der Waals surface area contributed by atoms with E-state index in [2.05, 4.69) is 16.3 Å². The average molecular weight is 429 g/mol. The molecule has 3 aromatic heterocycles. The van der Waals surface area contributed by atoms with E-state index >= 15 is 0 Å². The highest BCUT2D eigenvalue weighted by Gasteiger charge is 2.22. The molecule has 0 amide bonds. The Morgan fingerprint density at radius 2 is 2.28 bits per heavy atom. The van der Waals surface area contributed by atoms with Crippen molar-refractivity contribution < 1.29 is 9.47 Å². The van der Waals surface area contributed by atoms with Gasteiger partial charge in [-0.15, -0.1) is 21.5 Å². The normalized spacial score (nSPS) is 16.8. The smallest absolute Gasteiger partial charge is 0.272 e. The van der Waals surface area contributed by atoms with Crippen LogP contribution < -0.4 is 10.3 Å². The molecule has 150 valence electrons. The van der Waals surface area contributed by atoms with Crippen molar-refractivity contribution in [2.45, 2.75) is 36.4 Å². The summed E-state index contributed by atoms with van der Waals surface area (Å²) in [7, 11) is 1.67. The molecule has 0 aliphatic carbocycles. The maximum atomic E-state index is 13.1. The molecule has 1 saturated heterocycles. The van der Waals surface area contributed by atoms with E-state index in [0.29, 0.717) is 12.3 Å². The third-order valence-corrected chi connectivity index (χ3v) is 6.99. The maximum absolute atomic E-state index is 13.1. The summed E-state index contributed by atoms with van der Waals surface area (Å²) in [6.07, 6.45) is 2.05. The van der Waals surface area contributed by atoms with Crippen molar-refractivity contribution in [2.75, 3.05) is 13.7 Å². The molecule has 0 saturated carbocycles. The molecule has 5 rings (SSSR count). The van der Waals surface area contributed by atoms with Crippen LogP contribution in [-0.4, -0.2) is 39.0 Å². The molecule has 7 nitrogen and oxygen atoms in total. The lowest BCUT2D eigenvalue weighted by Crippen LogP contribution is -2.28. The quantitative estimate of drug-likeness (QED) is 0.437. The molecule has 0 unspecified atom stereocenters. The molecule has 0 radical (unpaired) electrons. The van der Waals surface area contributed by atoms with Gasteiger partial charge < -0.3 is 9.47 Å². The number of benzene rings is 1. The minimum atomic E-state index is -0.0188. The number of methoxy groups -OCH3 is 1. The zero-order chi connectivity index (χ0) is 19.8. The highest BCUT2D eigenvalue weighted by Crippen LogP contribution is 2.28. The van der Waals surface area contributed by atoms with Gasteiger partial charge in [-0.2, -0.15) is 0 Å². The van der Waals surface area contributed by atoms with Crippen molar-refractivity contribution in [3.63, 3.8) is 0 Å². The van der Waals surface area contributed by atoms with Gasteiger partial charge in [0.1, 0.15) is 10.4 Å². The van der Waals surface area contributed by atoms with Crippen molar-refractivity contribution in [1.29, 1.82) is 0 Å². The monoisotopic (exact) mass is 428 g/mol. The molecular formula is C20H20N4O3S2. The number of thioether (sulfide) groups is 1. The molecule has 4 heterocycles. The van der Waals surface area contributed by atoms with Gasteiger partial charge in [0.15, 0.2) is 5.16 Å². The second kappa shape index (κ2) is 7.81. The zero-order valence-corrected chi connectivity index (χ0v) is 17.5. The van der Waals surface area contributed by atoms with E-state index in [9.17, 15) is 4.79 Å². The fraction of sp³-hybridized carbons (Fsp3) is 0.350. The summed E-state index contributed by atoms with van der Waals surface area (Å²) < 4.78 is 15.5. The van der Waals surface area contributed by atoms with Gasteiger partial charge in [0.25, 0.3) is 5.56 Å². The standard InChI is InChI=1S/C20H20N4O3S2/c1-26-14-5-2-4-13(10-14)12-29-20-22-21-19-23(11-15-6-3-8-27-15)18(25)17-16(24(19)20)7-9-28-17/h2,4-5,7,9-10,15H,3,6,8,11-12H2,1H3/t15-/m1/s1. The number of hydrogen-bond donors (Lipinski definition) is 0. The molecule has 0 bridgehead atoms. The summed E-state index contributed by atoms with van der Waals surface area (Å²) in [5.41, 5.74) is 1.98. The number of aromatic nitrogens is 4. The van der Waals surface area contributed by atoms with Crippen LogP contribution >= 0.6 is 23.1 Å². The van der Waals surface area contributed by atoms with Crippen molar-refractivity contribution in [3.05, 3.63) is 51.6 Å². The van der Waals surface area contributed by atoms with E-state index in [1.54, 1.807) is 23.4 Å². The third kappa shape index (κ3) is 3.43. The van der Waals surface area contributed by atoms with Crippen LogP contribution in [0.15, 0.2) is 45.7 Å². The summed E-state index contributed by atoms with van der Waals surface area (Å²) >= 11 is 3.05. The SMILES string of the molecule is COc1cccc(CSc2nnc3n(C[C@H]4CCCO4)c(=O)c4sccc4n23)c1. The predicted molar refractivity (Wildman–Crippen MR) is 114 cm³/mol. The Hall–Kier alpha value is -2.36. The fourth-order valence-corrected chi connectivity index (χ4v) is 5.37. The number of fused-ring (bicyclic) bond motifs is 3. The molecule has 0 N–H and O–H groups in total. The van der Waals surface area contributed by atoms with E-state index in [-0.39, 0.29) is 11.7 Å². The Bertz CT molecular complexity index is 1220. The molecule has 9 heteroatoms. The first-order chi connectivity index (χ1) is 14.2. The van der Waals surface area contributed by atoms with Crippen LogP contribution in [0.4, 0.5) is 0 Å². The van der Waals surface area contributed by atoms with Gasteiger partial charge in [-0.3, -0.25) is 13.8 Å². The fourth-order valence-electron chi connectivity index (χ4n) is 3.66. The summed E-state index contributed by atoms with van der Waals surface area (Å²) in [4.78, 5) is 13.1. The third-order valence-electron chi connectivity index (χ3n) is 5.09. The summed E-state index contributed by atoms with van der Waals surface area (Å²) in [5, 5.41) is 11.5. The molecule has 1 aliphatic heterocycles. The highest BCUT2D eigenvalue weighted by atomic mass is 32.2. The molecule has 1 atom stereocenters. The van der Waals surface area contributed by atoms with Crippen LogP contribution in [-0.2, 0) is 17.0 Å². The van der Waals surface area contributed by atoms with Gasteiger partial charge in [0.2, 0.25) is 5.78 Å². The Morgan fingerprint density at radius 3 is 3.10 bits per heavy atom. The van der Waals surface area contributed by atoms with Crippen molar-refractivity contribution in [1.82, 2.24) is 19.2 Å². The minimum absolute atomic E-state index is 0.0188. The first-order valence-corrected chi connectivity index (χ1v) is 11.3. The Kier molecular flexibility index (Phi) is 5.03. The van der Waals surface area contributed by atoms with Crippen LogP contribution in [0.3, 0.4) is 0 Å². The zero-order valence-electron chi connectivity index (χ0n) is 15.9. The van der Waals surface area contributed by atoms with E-state index in [4.69, 9.17) is 9.47 Å². The topological polar surface area (TPSA) is 70.7 Å². The Labute approximate surface area is 175 Å². The van der Waals surface area contributed by atoms with Crippen LogP contribution in [0.5, 0.6) is 5.75 Å². The molecule has 1 aromatic carbocycles. The summed E-state index contributed by atoms with van der Waals surface area (Å²) in [6, 6.07) is 9.95. The Balaban J connectivity index is 1.54. The summed E-state index contributed by atoms with van der Waals surface area (Å²) in [5.74, 6) is 2.14. The maximum Gasteiger partial charge on any atom is 0.272 e. The van der Waals surface area contributed by atoms with Crippen LogP contribution in [0.25, 0.3) is 16.0 Å². The van der Waals surface area contributed by atoms with Gasteiger partial charge in [0.05, 0.1) is 25.3 Å². The molecule has 4 aromatic rings.